The predicted octanol–water partition coefficient (Wildman–Crippen LogP) is 3.25. The molecule has 1 aliphatic heterocycles. The molecule has 26 heavy (non-hydrogen) atoms. The summed E-state index contributed by atoms with van der Waals surface area (Å²) in [6.07, 6.45) is 0.865. The lowest BCUT2D eigenvalue weighted by molar-refractivity contribution is -0.384. The largest absolute Gasteiger partial charge is 0.378 e. The van der Waals surface area contributed by atoms with Crippen molar-refractivity contribution in [3.05, 3.63) is 63.7 Å². The zero-order valence-corrected chi connectivity index (χ0v) is 14.6. The molecular formula is C19H21N3O4. The van der Waals surface area contributed by atoms with E-state index in [-0.39, 0.29) is 17.2 Å². The fourth-order valence-electron chi connectivity index (χ4n) is 2.95. The van der Waals surface area contributed by atoms with Gasteiger partial charge in [0.25, 0.3) is 11.6 Å². The molecule has 0 saturated carbocycles. The first-order valence-corrected chi connectivity index (χ1v) is 8.60. The number of carbonyl (C=O) groups excluding carboxylic acids is 1. The van der Waals surface area contributed by atoms with Gasteiger partial charge in [-0.1, -0.05) is 19.1 Å². The molecule has 1 N–H and O–H groups in total. The average molecular weight is 355 g/mol. The summed E-state index contributed by atoms with van der Waals surface area (Å²) in [7, 11) is 0. The van der Waals surface area contributed by atoms with E-state index in [0.29, 0.717) is 37.7 Å². The van der Waals surface area contributed by atoms with Crippen LogP contribution in [-0.2, 0) is 11.2 Å². The molecular weight excluding hydrogens is 334 g/mol. The predicted molar refractivity (Wildman–Crippen MR) is 99.9 cm³/mol. The number of carbonyl (C=O) groups is 1. The Hall–Kier alpha value is -2.93. The molecule has 0 radical (unpaired) electrons. The van der Waals surface area contributed by atoms with Crippen molar-refractivity contribution in [1.29, 1.82) is 0 Å². The molecule has 136 valence electrons. The number of anilines is 2. The third kappa shape index (κ3) is 4.00. The molecule has 0 bridgehead atoms. The lowest BCUT2D eigenvalue weighted by Gasteiger charge is -2.28. The number of amides is 1. The van der Waals surface area contributed by atoms with Crippen molar-refractivity contribution in [2.75, 3.05) is 36.5 Å². The van der Waals surface area contributed by atoms with E-state index in [9.17, 15) is 14.9 Å². The maximum Gasteiger partial charge on any atom is 0.293 e. The molecule has 1 saturated heterocycles. The van der Waals surface area contributed by atoms with Crippen LogP contribution in [0.1, 0.15) is 22.8 Å². The van der Waals surface area contributed by atoms with E-state index in [0.717, 1.165) is 12.0 Å². The number of nitro groups is 1. The van der Waals surface area contributed by atoms with Gasteiger partial charge in [0, 0.05) is 30.4 Å². The number of nitrogens with zero attached hydrogens (tertiary/aromatic N) is 2. The molecule has 1 aliphatic rings. The van der Waals surface area contributed by atoms with Crippen LogP contribution in [0.4, 0.5) is 17.1 Å². The van der Waals surface area contributed by atoms with Crippen molar-refractivity contribution >= 4 is 23.0 Å². The highest BCUT2D eigenvalue weighted by molar-refractivity contribution is 6.05. The lowest BCUT2D eigenvalue weighted by atomic mass is 10.1. The van der Waals surface area contributed by atoms with Crippen LogP contribution in [-0.4, -0.2) is 37.1 Å². The van der Waals surface area contributed by atoms with E-state index in [1.807, 2.05) is 30.0 Å². The summed E-state index contributed by atoms with van der Waals surface area (Å²) in [5.74, 6) is -0.366. The van der Waals surface area contributed by atoms with E-state index in [2.05, 4.69) is 5.32 Å². The Bertz CT molecular complexity index is 816. The van der Waals surface area contributed by atoms with Crippen LogP contribution in [0.25, 0.3) is 0 Å². The Kier molecular flexibility index (Phi) is 5.48. The molecule has 0 unspecified atom stereocenters. The molecule has 0 aliphatic carbocycles. The quantitative estimate of drug-likeness (QED) is 0.657. The second kappa shape index (κ2) is 7.97. The maximum atomic E-state index is 12.5. The van der Waals surface area contributed by atoms with Crippen LogP contribution in [0, 0.1) is 10.1 Å². The number of morpholine rings is 1. The van der Waals surface area contributed by atoms with Crippen LogP contribution >= 0.6 is 0 Å². The highest BCUT2D eigenvalue weighted by Crippen LogP contribution is 2.30. The van der Waals surface area contributed by atoms with Gasteiger partial charge in [0.2, 0.25) is 0 Å². The van der Waals surface area contributed by atoms with E-state index in [1.165, 1.54) is 6.07 Å². The number of nitrogens with one attached hydrogen (secondary N) is 1. The van der Waals surface area contributed by atoms with Crippen molar-refractivity contribution in [1.82, 2.24) is 0 Å². The van der Waals surface area contributed by atoms with Crippen molar-refractivity contribution in [2.45, 2.75) is 13.3 Å². The first-order valence-electron chi connectivity index (χ1n) is 8.60. The Morgan fingerprint density at radius 1 is 1.23 bits per heavy atom. The Morgan fingerprint density at radius 2 is 2.00 bits per heavy atom. The molecule has 7 nitrogen and oxygen atoms in total. The fraction of sp³-hybridized carbons (Fsp3) is 0.316. The summed E-state index contributed by atoms with van der Waals surface area (Å²) >= 11 is 0. The fourth-order valence-corrected chi connectivity index (χ4v) is 2.95. The third-order valence-electron chi connectivity index (χ3n) is 4.38. The smallest absolute Gasteiger partial charge is 0.293 e. The van der Waals surface area contributed by atoms with Gasteiger partial charge in [-0.3, -0.25) is 14.9 Å². The molecule has 2 aromatic carbocycles. The van der Waals surface area contributed by atoms with E-state index >= 15 is 0 Å². The topological polar surface area (TPSA) is 84.7 Å². The molecule has 1 heterocycles. The highest BCUT2D eigenvalue weighted by Gasteiger charge is 2.23. The Labute approximate surface area is 151 Å². The van der Waals surface area contributed by atoms with Crippen LogP contribution in [0.3, 0.4) is 0 Å². The summed E-state index contributed by atoms with van der Waals surface area (Å²) in [5.41, 5.74) is 2.49. The molecule has 0 spiro atoms. The Balaban J connectivity index is 1.84. The van der Waals surface area contributed by atoms with Gasteiger partial charge in [-0.15, -0.1) is 0 Å². The summed E-state index contributed by atoms with van der Waals surface area (Å²) in [6.45, 7) is 4.29. The molecule has 0 aromatic heterocycles. The van der Waals surface area contributed by atoms with Crippen LogP contribution in [0.5, 0.6) is 0 Å². The summed E-state index contributed by atoms with van der Waals surface area (Å²) in [6, 6.07) is 12.2. The standard InChI is InChI=1S/C19H21N3O4/c1-2-14-4-3-5-16(12-14)20-19(23)15-6-7-17(18(13-15)22(24)25)21-8-10-26-11-9-21/h3-7,12-13H,2,8-11H2,1H3,(H,20,23). The monoisotopic (exact) mass is 355 g/mol. The highest BCUT2D eigenvalue weighted by atomic mass is 16.6. The summed E-state index contributed by atoms with van der Waals surface area (Å²) in [4.78, 5) is 25.5. The minimum absolute atomic E-state index is 0.0677. The number of benzene rings is 2. The van der Waals surface area contributed by atoms with Crippen LogP contribution < -0.4 is 10.2 Å². The molecule has 3 rings (SSSR count). The number of ether oxygens (including phenoxy) is 1. The summed E-state index contributed by atoms with van der Waals surface area (Å²) in [5, 5.41) is 14.3. The molecule has 1 fully saturated rings. The van der Waals surface area contributed by atoms with E-state index in [1.54, 1.807) is 18.2 Å². The van der Waals surface area contributed by atoms with Crippen LogP contribution in [0.2, 0.25) is 0 Å². The minimum atomic E-state index is -0.445. The van der Waals surface area contributed by atoms with E-state index in [4.69, 9.17) is 4.74 Å². The van der Waals surface area contributed by atoms with Gasteiger partial charge < -0.3 is 15.0 Å². The van der Waals surface area contributed by atoms with Crippen molar-refractivity contribution in [3.63, 3.8) is 0 Å². The van der Waals surface area contributed by atoms with Gasteiger partial charge in [-0.25, -0.2) is 0 Å². The second-order valence-electron chi connectivity index (χ2n) is 6.07. The second-order valence-corrected chi connectivity index (χ2v) is 6.07. The lowest BCUT2D eigenvalue weighted by Crippen LogP contribution is -2.36. The van der Waals surface area contributed by atoms with Gasteiger partial charge in [-0.05, 0) is 36.2 Å². The van der Waals surface area contributed by atoms with Crippen molar-refractivity contribution < 1.29 is 14.5 Å². The average Bonchev–Trinajstić information content (AvgIpc) is 2.68. The third-order valence-corrected chi connectivity index (χ3v) is 4.38. The summed E-state index contributed by atoms with van der Waals surface area (Å²) < 4.78 is 5.29. The zero-order valence-electron chi connectivity index (χ0n) is 14.6. The maximum absolute atomic E-state index is 12.5. The molecule has 2 aromatic rings. The SMILES string of the molecule is CCc1cccc(NC(=O)c2ccc(N3CCOCC3)c([N+](=O)[O-])c2)c1. The van der Waals surface area contributed by atoms with Crippen molar-refractivity contribution in [3.8, 4) is 0 Å². The van der Waals surface area contributed by atoms with Crippen LogP contribution in [0.15, 0.2) is 42.5 Å². The van der Waals surface area contributed by atoms with Crippen molar-refractivity contribution in [2.24, 2.45) is 0 Å². The minimum Gasteiger partial charge on any atom is -0.378 e. The molecule has 7 heteroatoms. The van der Waals surface area contributed by atoms with Gasteiger partial charge >= 0.3 is 0 Å². The van der Waals surface area contributed by atoms with E-state index < -0.39 is 4.92 Å². The van der Waals surface area contributed by atoms with Gasteiger partial charge in [0.15, 0.2) is 0 Å². The first kappa shape index (κ1) is 17.9. The van der Waals surface area contributed by atoms with Gasteiger partial charge in [0.05, 0.1) is 18.1 Å². The Morgan fingerprint density at radius 3 is 2.69 bits per heavy atom. The number of hydrogen-bond acceptors (Lipinski definition) is 5. The van der Waals surface area contributed by atoms with Gasteiger partial charge in [0.1, 0.15) is 5.69 Å². The molecule has 0 atom stereocenters. The zero-order chi connectivity index (χ0) is 18.5. The van der Waals surface area contributed by atoms with Gasteiger partial charge in [-0.2, -0.15) is 0 Å². The number of aryl methyl sites for hydroxylation is 1. The number of rotatable bonds is 5. The normalized spacial score (nSPS) is 14.1. The molecule has 1 amide bonds. The number of nitro benzene ring substituents is 1. The number of hydrogen-bond donors (Lipinski definition) is 1. The first-order chi connectivity index (χ1) is 12.6.